The number of nitrogens with zero attached hydrogens (tertiary/aromatic N) is 1. The van der Waals surface area contributed by atoms with E-state index in [0.717, 1.165) is 42.1 Å². The highest BCUT2D eigenvalue weighted by Gasteiger charge is 2.22. The summed E-state index contributed by atoms with van der Waals surface area (Å²) in [5.74, 6) is -0.914. The van der Waals surface area contributed by atoms with Crippen LogP contribution in [-0.2, 0) is 6.42 Å². The molecule has 1 aromatic carbocycles. The minimum atomic E-state index is -0.531. The van der Waals surface area contributed by atoms with E-state index < -0.39 is 17.2 Å². The summed E-state index contributed by atoms with van der Waals surface area (Å²) in [5.41, 5.74) is 1.66. The molecule has 1 saturated carbocycles. The first-order valence-corrected chi connectivity index (χ1v) is 10.9. The van der Waals surface area contributed by atoms with Crippen molar-refractivity contribution in [2.24, 2.45) is 0 Å². The van der Waals surface area contributed by atoms with Gasteiger partial charge in [0.1, 0.15) is 11.1 Å². The van der Waals surface area contributed by atoms with Crippen LogP contribution in [-0.4, -0.2) is 35.0 Å². The van der Waals surface area contributed by atoms with Crippen LogP contribution in [0.15, 0.2) is 47.7 Å². The second-order valence-corrected chi connectivity index (χ2v) is 8.10. The Bertz CT molecular complexity index is 1160. The van der Waals surface area contributed by atoms with E-state index in [4.69, 9.17) is 0 Å². The minimum absolute atomic E-state index is 0.0114. The van der Waals surface area contributed by atoms with Gasteiger partial charge in [0, 0.05) is 49.1 Å². The van der Waals surface area contributed by atoms with Gasteiger partial charge in [-0.3, -0.25) is 14.4 Å². The van der Waals surface area contributed by atoms with Crippen LogP contribution in [0.4, 0.5) is 0 Å². The molecule has 1 fully saturated rings. The zero-order valence-corrected chi connectivity index (χ0v) is 17.7. The number of benzene rings is 1. The number of rotatable bonds is 6. The van der Waals surface area contributed by atoms with Gasteiger partial charge in [-0.25, -0.2) is 0 Å². The van der Waals surface area contributed by atoms with Gasteiger partial charge in [0.05, 0.1) is 0 Å². The number of hydrogen-bond donors (Lipinski definition) is 3. The zero-order valence-electron chi connectivity index (χ0n) is 17.7. The van der Waals surface area contributed by atoms with Gasteiger partial charge in [-0.15, -0.1) is 0 Å². The third-order valence-corrected chi connectivity index (χ3v) is 6.11. The first-order chi connectivity index (χ1) is 15.1. The summed E-state index contributed by atoms with van der Waals surface area (Å²) in [4.78, 5) is 41.3. The van der Waals surface area contributed by atoms with E-state index in [0.29, 0.717) is 13.0 Å². The van der Waals surface area contributed by atoms with Crippen molar-refractivity contribution in [2.45, 2.75) is 44.6 Å². The van der Waals surface area contributed by atoms with Crippen LogP contribution in [0.3, 0.4) is 0 Å². The fraction of sp³-hybridized carbons (Fsp3) is 0.375. The molecule has 3 N–H and O–H groups in total. The van der Waals surface area contributed by atoms with Crippen LogP contribution in [0.1, 0.15) is 64.4 Å². The second kappa shape index (κ2) is 9.20. The molecule has 31 heavy (non-hydrogen) atoms. The fourth-order valence-electron chi connectivity index (χ4n) is 4.39. The smallest absolute Gasteiger partial charge is 0.256 e. The number of carbonyl (C=O) groups excluding carboxylic acids is 2. The van der Waals surface area contributed by atoms with E-state index in [9.17, 15) is 14.4 Å². The fourth-order valence-corrected chi connectivity index (χ4v) is 4.39. The van der Waals surface area contributed by atoms with Gasteiger partial charge in [0.2, 0.25) is 5.43 Å². The number of aromatic amines is 1. The number of aromatic nitrogens is 2. The molecule has 2 aromatic heterocycles. The van der Waals surface area contributed by atoms with E-state index >= 15 is 0 Å². The van der Waals surface area contributed by atoms with Crippen molar-refractivity contribution in [1.82, 2.24) is 20.2 Å². The van der Waals surface area contributed by atoms with Crippen LogP contribution in [0, 0.1) is 0 Å². The number of fused-ring (bicyclic) bond motifs is 1. The normalized spacial score (nSPS) is 14.5. The standard InChI is InChI=1S/C24H28N4O3/c1-25-23(30)19-14-28(17-7-3-2-4-8-17)15-20(22(19)29)24(31)26-12-11-16-13-27-21-10-6-5-9-18(16)21/h5-6,9-10,13-15,17,27H,2-4,7-8,11-12H2,1H3,(H,25,30)(H,26,31). The molecule has 0 spiro atoms. The molecule has 7 heteroatoms. The van der Waals surface area contributed by atoms with Crippen molar-refractivity contribution in [1.29, 1.82) is 0 Å². The van der Waals surface area contributed by atoms with E-state index in [1.54, 1.807) is 12.4 Å². The third kappa shape index (κ3) is 4.40. The van der Waals surface area contributed by atoms with E-state index in [1.807, 2.05) is 35.0 Å². The van der Waals surface area contributed by atoms with E-state index in [-0.39, 0.29) is 17.2 Å². The van der Waals surface area contributed by atoms with Crippen molar-refractivity contribution in [2.75, 3.05) is 13.6 Å². The highest BCUT2D eigenvalue weighted by atomic mass is 16.2. The molecule has 0 saturated heterocycles. The second-order valence-electron chi connectivity index (χ2n) is 8.10. The number of pyridine rings is 1. The molecule has 0 bridgehead atoms. The molecule has 4 rings (SSSR count). The SMILES string of the molecule is CNC(=O)c1cn(C2CCCCC2)cc(C(=O)NCCc2c[nH]c3ccccc23)c1=O. The quantitative estimate of drug-likeness (QED) is 0.572. The average Bonchev–Trinajstić information content (AvgIpc) is 3.22. The lowest BCUT2D eigenvalue weighted by molar-refractivity contribution is 0.0951. The Morgan fingerprint density at radius 3 is 2.52 bits per heavy atom. The van der Waals surface area contributed by atoms with E-state index in [1.165, 1.54) is 13.5 Å². The molecular formula is C24H28N4O3. The number of para-hydroxylation sites is 1. The molecule has 1 aliphatic rings. The van der Waals surface area contributed by atoms with Crippen LogP contribution in [0.25, 0.3) is 10.9 Å². The van der Waals surface area contributed by atoms with E-state index in [2.05, 4.69) is 15.6 Å². The molecule has 0 unspecified atom stereocenters. The van der Waals surface area contributed by atoms with Crippen LogP contribution in [0.2, 0.25) is 0 Å². The molecule has 0 atom stereocenters. The Labute approximate surface area is 180 Å². The Kier molecular flexibility index (Phi) is 6.21. The minimum Gasteiger partial charge on any atom is -0.361 e. The molecular weight excluding hydrogens is 392 g/mol. The van der Waals surface area contributed by atoms with Gasteiger partial charge in [-0.1, -0.05) is 37.5 Å². The molecule has 1 aliphatic carbocycles. The van der Waals surface area contributed by atoms with Gasteiger partial charge >= 0.3 is 0 Å². The lowest BCUT2D eigenvalue weighted by Crippen LogP contribution is -2.35. The monoisotopic (exact) mass is 420 g/mol. The molecule has 162 valence electrons. The first kappa shape index (κ1) is 20.9. The Hall–Kier alpha value is -3.35. The van der Waals surface area contributed by atoms with Gasteiger partial charge in [0.25, 0.3) is 11.8 Å². The Morgan fingerprint density at radius 2 is 1.77 bits per heavy atom. The van der Waals surface area contributed by atoms with Crippen LogP contribution in [0.5, 0.6) is 0 Å². The van der Waals surface area contributed by atoms with Gasteiger partial charge < -0.3 is 20.2 Å². The maximum Gasteiger partial charge on any atom is 0.256 e. The molecule has 0 radical (unpaired) electrons. The molecule has 2 amide bonds. The summed E-state index contributed by atoms with van der Waals surface area (Å²) in [5, 5.41) is 6.49. The topological polar surface area (TPSA) is 96.0 Å². The van der Waals surface area contributed by atoms with Crippen molar-refractivity contribution in [3.8, 4) is 0 Å². The maximum absolute atomic E-state index is 12.9. The summed E-state index contributed by atoms with van der Waals surface area (Å²) in [6, 6.07) is 8.21. The summed E-state index contributed by atoms with van der Waals surface area (Å²) < 4.78 is 1.89. The number of nitrogens with one attached hydrogen (secondary N) is 3. The summed E-state index contributed by atoms with van der Waals surface area (Å²) in [6.45, 7) is 0.397. The average molecular weight is 421 g/mol. The Balaban J connectivity index is 1.54. The molecule has 7 nitrogen and oxygen atoms in total. The van der Waals surface area contributed by atoms with Crippen molar-refractivity contribution < 1.29 is 9.59 Å². The van der Waals surface area contributed by atoms with Crippen LogP contribution >= 0.6 is 0 Å². The van der Waals surface area contributed by atoms with Crippen molar-refractivity contribution in [3.05, 3.63) is 69.8 Å². The molecule has 0 aliphatic heterocycles. The number of hydrogen-bond acceptors (Lipinski definition) is 3. The Morgan fingerprint density at radius 1 is 1.06 bits per heavy atom. The molecule has 3 aromatic rings. The summed E-state index contributed by atoms with van der Waals surface area (Å²) in [7, 11) is 1.49. The van der Waals surface area contributed by atoms with Gasteiger partial charge in [0.15, 0.2) is 0 Å². The van der Waals surface area contributed by atoms with Gasteiger partial charge in [-0.2, -0.15) is 0 Å². The highest BCUT2D eigenvalue weighted by Crippen LogP contribution is 2.28. The zero-order chi connectivity index (χ0) is 21.8. The van der Waals surface area contributed by atoms with Crippen molar-refractivity contribution in [3.63, 3.8) is 0 Å². The summed E-state index contributed by atoms with van der Waals surface area (Å²) >= 11 is 0. The maximum atomic E-state index is 12.9. The third-order valence-electron chi connectivity index (χ3n) is 6.11. The lowest BCUT2D eigenvalue weighted by Gasteiger charge is -2.25. The summed E-state index contributed by atoms with van der Waals surface area (Å²) in [6.07, 6.45) is 11.2. The largest absolute Gasteiger partial charge is 0.361 e. The van der Waals surface area contributed by atoms with Crippen molar-refractivity contribution >= 4 is 22.7 Å². The number of H-pyrrole nitrogens is 1. The lowest BCUT2D eigenvalue weighted by atomic mass is 9.95. The first-order valence-electron chi connectivity index (χ1n) is 10.9. The number of amides is 2. The predicted octanol–water partition coefficient (Wildman–Crippen LogP) is 3.17. The van der Waals surface area contributed by atoms with Crippen LogP contribution < -0.4 is 16.1 Å². The highest BCUT2D eigenvalue weighted by molar-refractivity contribution is 5.99. The van der Waals surface area contributed by atoms with Gasteiger partial charge in [-0.05, 0) is 30.9 Å². The number of carbonyl (C=O) groups is 2. The molecule has 2 heterocycles. The predicted molar refractivity (Wildman–Crippen MR) is 121 cm³/mol.